The molecule has 2 fully saturated rings. The summed E-state index contributed by atoms with van der Waals surface area (Å²) >= 11 is 0. The summed E-state index contributed by atoms with van der Waals surface area (Å²) in [6.45, 7) is 2.26. The van der Waals surface area contributed by atoms with Crippen molar-refractivity contribution < 1.29 is 29.0 Å². The van der Waals surface area contributed by atoms with Crippen LogP contribution in [0.2, 0.25) is 0 Å². The van der Waals surface area contributed by atoms with E-state index in [1.165, 1.54) is 18.1 Å². The zero-order valence-corrected chi connectivity index (χ0v) is 28.9. The summed E-state index contributed by atoms with van der Waals surface area (Å²) in [5, 5.41) is 20.6. The molecule has 2 aliphatic carbocycles. The van der Waals surface area contributed by atoms with E-state index in [1.807, 2.05) is 42.5 Å². The van der Waals surface area contributed by atoms with Gasteiger partial charge in [-0.25, -0.2) is 9.59 Å². The molecule has 1 aromatic heterocycles. The zero-order chi connectivity index (χ0) is 35.5. The van der Waals surface area contributed by atoms with Crippen LogP contribution in [0.5, 0.6) is 0 Å². The summed E-state index contributed by atoms with van der Waals surface area (Å²) in [6, 6.07) is 19.9. The predicted molar refractivity (Wildman–Crippen MR) is 198 cm³/mol. The van der Waals surface area contributed by atoms with E-state index < -0.39 is 23.5 Å². The minimum atomic E-state index is -1.07. The van der Waals surface area contributed by atoms with Gasteiger partial charge in [-0.15, -0.1) is 0 Å². The Morgan fingerprint density at radius 1 is 0.961 bits per heavy atom. The third-order valence-corrected chi connectivity index (χ3v) is 10.7. The molecular weight excluding hydrogens is 644 g/mol. The van der Waals surface area contributed by atoms with Crippen LogP contribution in [0.3, 0.4) is 0 Å². The van der Waals surface area contributed by atoms with Gasteiger partial charge in [0.25, 0.3) is 5.91 Å². The molecule has 0 bridgehead atoms. The van der Waals surface area contributed by atoms with Gasteiger partial charge in [0.2, 0.25) is 5.91 Å². The maximum atomic E-state index is 14.1. The zero-order valence-electron chi connectivity index (χ0n) is 28.9. The number of aliphatic carboxylic acids is 1. The molecule has 1 aliphatic heterocycles. The number of hydrogen-bond donors (Lipinski definition) is 4. The maximum absolute atomic E-state index is 14.1. The Bertz CT molecular complexity index is 2000. The number of aromatic nitrogens is 1. The highest BCUT2D eigenvalue weighted by atomic mass is 16.5. The number of fused-ring (bicyclic) bond motifs is 5. The van der Waals surface area contributed by atoms with E-state index in [0.717, 1.165) is 71.9 Å². The number of carboxylic acids is 1. The van der Waals surface area contributed by atoms with Gasteiger partial charge >= 0.3 is 11.9 Å². The minimum Gasteiger partial charge on any atom is -0.480 e. The largest absolute Gasteiger partial charge is 0.480 e. The molecule has 51 heavy (non-hydrogen) atoms. The number of nitrogens with zero attached hydrogens (tertiary/aromatic N) is 1. The highest BCUT2D eigenvalue weighted by molar-refractivity contribution is 6.06. The standard InChI is InChI=1S/C41H44N4O6/c1-2-51-35(46)21-16-26-14-18-29(19-15-26)42-40(50)41(22-8-9-23-41)44-38(47)28-17-20-31-34(24-28)45-25-33(39(48)49)43-32-13-7-6-12-30(32)37(45)36(31)27-10-4-3-5-11-27/h6-7,12-21,24,27,33,43H,2-5,8-11,22-23,25H2,1H3,(H,42,50)(H,44,47)(H,48,49)/b21-16+. The number of rotatable bonds is 9. The van der Waals surface area contributed by atoms with Gasteiger partial charge in [-0.05, 0) is 86.1 Å². The van der Waals surface area contributed by atoms with Crippen LogP contribution in [0.15, 0.2) is 72.8 Å². The molecule has 4 N–H and O–H groups in total. The van der Waals surface area contributed by atoms with Crippen molar-refractivity contribution in [3.63, 3.8) is 0 Å². The van der Waals surface area contributed by atoms with Crippen molar-refractivity contribution in [2.75, 3.05) is 17.2 Å². The third kappa shape index (κ3) is 6.87. The van der Waals surface area contributed by atoms with E-state index in [9.17, 15) is 24.3 Å². The number of carbonyl (C=O) groups is 4. The quantitative estimate of drug-likeness (QED) is 0.106. The molecule has 0 saturated heterocycles. The summed E-state index contributed by atoms with van der Waals surface area (Å²) in [4.78, 5) is 52.1. The lowest BCUT2D eigenvalue weighted by molar-refractivity contribution is -0.138. The fraction of sp³-hybridized carbons (Fsp3) is 0.366. The van der Waals surface area contributed by atoms with E-state index in [4.69, 9.17) is 4.74 Å². The van der Waals surface area contributed by atoms with Crippen LogP contribution < -0.4 is 16.0 Å². The van der Waals surface area contributed by atoms with Gasteiger partial charge in [0.15, 0.2) is 0 Å². The molecule has 2 amide bonds. The van der Waals surface area contributed by atoms with Crippen LogP contribution >= 0.6 is 0 Å². The van der Waals surface area contributed by atoms with Crippen LogP contribution in [0.1, 0.15) is 92.1 Å². The molecule has 3 aliphatic rings. The molecule has 1 atom stereocenters. The molecule has 0 spiro atoms. The van der Waals surface area contributed by atoms with E-state index in [-0.39, 0.29) is 18.4 Å². The number of nitrogens with one attached hydrogen (secondary N) is 3. The van der Waals surface area contributed by atoms with Crippen molar-refractivity contribution in [1.29, 1.82) is 0 Å². The van der Waals surface area contributed by atoms with Crippen LogP contribution in [-0.2, 0) is 25.7 Å². The Labute approximate surface area is 297 Å². The van der Waals surface area contributed by atoms with E-state index in [2.05, 4.69) is 20.5 Å². The summed E-state index contributed by atoms with van der Waals surface area (Å²) in [5.41, 5.74) is 5.55. The van der Waals surface area contributed by atoms with E-state index in [0.29, 0.717) is 36.6 Å². The van der Waals surface area contributed by atoms with Gasteiger partial charge < -0.3 is 30.4 Å². The number of amides is 2. The molecule has 264 valence electrons. The molecule has 10 heteroatoms. The first-order valence-corrected chi connectivity index (χ1v) is 18.1. The molecule has 4 aromatic rings. The summed E-state index contributed by atoms with van der Waals surface area (Å²) < 4.78 is 7.03. The Morgan fingerprint density at radius 3 is 2.43 bits per heavy atom. The van der Waals surface area contributed by atoms with Crippen molar-refractivity contribution in [3.8, 4) is 11.3 Å². The maximum Gasteiger partial charge on any atom is 0.330 e. The predicted octanol–water partition coefficient (Wildman–Crippen LogP) is 7.49. The molecular formula is C41H44N4O6. The Morgan fingerprint density at radius 2 is 1.71 bits per heavy atom. The summed E-state index contributed by atoms with van der Waals surface area (Å²) in [5.74, 6) is -1.64. The van der Waals surface area contributed by atoms with Gasteiger partial charge in [0, 0.05) is 39.5 Å². The second-order valence-corrected chi connectivity index (χ2v) is 13.9. The second-order valence-electron chi connectivity index (χ2n) is 13.9. The number of benzene rings is 3. The first kappa shape index (κ1) is 34.1. The number of esters is 1. The third-order valence-electron chi connectivity index (χ3n) is 10.7. The van der Waals surface area contributed by atoms with Crippen molar-refractivity contribution in [3.05, 3.63) is 89.5 Å². The molecule has 3 aromatic carbocycles. The van der Waals surface area contributed by atoms with Crippen molar-refractivity contribution >= 4 is 52.1 Å². The average molecular weight is 689 g/mol. The smallest absolute Gasteiger partial charge is 0.330 e. The summed E-state index contributed by atoms with van der Waals surface area (Å²) in [6.07, 6.45) is 11.3. The van der Waals surface area contributed by atoms with Gasteiger partial charge in [0.05, 0.1) is 18.8 Å². The Hall–Kier alpha value is -5.38. The minimum absolute atomic E-state index is 0.206. The number of anilines is 2. The van der Waals surface area contributed by atoms with Gasteiger partial charge in [-0.3, -0.25) is 9.59 Å². The van der Waals surface area contributed by atoms with Crippen molar-refractivity contribution in [1.82, 2.24) is 9.88 Å². The fourth-order valence-corrected chi connectivity index (χ4v) is 8.13. The molecule has 0 radical (unpaired) electrons. The average Bonchev–Trinajstić information content (AvgIpc) is 3.70. The molecule has 7 rings (SSSR count). The van der Waals surface area contributed by atoms with Crippen LogP contribution in [0.25, 0.3) is 28.2 Å². The monoisotopic (exact) mass is 688 g/mol. The molecule has 1 unspecified atom stereocenters. The fourth-order valence-electron chi connectivity index (χ4n) is 8.13. The van der Waals surface area contributed by atoms with Crippen molar-refractivity contribution in [2.24, 2.45) is 0 Å². The highest BCUT2D eigenvalue weighted by Crippen LogP contribution is 2.47. The Balaban J connectivity index is 1.19. The number of para-hydroxylation sites is 1. The first-order chi connectivity index (χ1) is 24.8. The van der Waals surface area contributed by atoms with Crippen molar-refractivity contribution in [2.45, 2.75) is 88.8 Å². The first-order valence-electron chi connectivity index (χ1n) is 18.1. The lowest BCUT2D eigenvalue weighted by Gasteiger charge is -2.29. The van der Waals surface area contributed by atoms with Gasteiger partial charge in [-0.1, -0.05) is 68.5 Å². The molecule has 10 nitrogen and oxygen atoms in total. The van der Waals surface area contributed by atoms with Crippen LogP contribution in [-0.4, -0.2) is 51.6 Å². The number of carbonyl (C=O) groups excluding carboxylic acids is 3. The van der Waals surface area contributed by atoms with Gasteiger partial charge in [0.1, 0.15) is 11.6 Å². The van der Waals surface area contributed by atoms with E-state index in [1.54, 1.807) is 37.3 Å². The topological polar surface area (TPSA) is 139 Å². The van der Waals surface area contributed by atoms with E-state index >= 15 is 0 Å². The second kappa shape index (κ2) is 14.5. The number of carboxylic acid groups (broad SMARTS) is 1. The van der Waals surface area contributed by atoms with Gasteiger partial charge in [-0.2, -0.15) is 0 Å². The highest BCUT2D eigenvalue weighted by Gasteiger charge is 2.43. The molecule has 2 saturated carbocycles. The SMILES string of the molecule is CCOC(=O)/C=C/c1ccc(NC(=O)C2(NC(=O)c3ccc4c(C5CCCCC5)c5n(c4c3)CC(C(=O)O)Nc3ccccc3-5)CCCC2)cc1. The number of ether oxygens (including phenoxy) is 1. The normalized spacial score (nSPS) is 18.3. The lowest BCUT2D eigenvalue weighted by Crippen LogP contribution is -2.55. The summed E-state index contributed by atoms with van der Waals surface area (Å²) in [7, 11) is 0. The lowest BCUT2D eigenvalue weighted by atomic mass is 9.81. The number of hydrogen-bond acceptors (Lipinski definition) is 6. The van der Waals surface area contributed by atoms with Crippen LogP contribution in [0, 0.1) is 0 Å². The van der Waals surface area contributed by atoms with Crippen LogP contribution in [0.4, 0.5) is 11.4 Å². The molecule has 2 heterocycles. The Kier molecular flexibility index (Phi) is 9.67.